The first-order chi connectivity index (χ1) is 15.9. The second kappa shape index (κ2) is 9.54. The number of piperidine rings is 1. The van der Waals surface area contributed by atoms with Gasteiger partial charge in [0, 0.05) is 33.4 Å². The summed E-state index contributed by atoms with van der Waals surface area (Å²) in [6.45, 7) is 1.05. The average molecular weight is 450 g/mol. The van der Waals surface area contributed by atoms with Crippen molar-refractivity contribution in [2.75, 3.05) is 34.3 Å². The molecule has 1 aliphatic heterocycles. The number of likely N-dealkylation sites (N-methyl/N-ethyl adjacent to an activating group) is 1. The number of ether oxygens (including phenoxy) is 1. The fourth-order valence-corrected chi connectivity index (χ4v) is 5.79. The maximum absolute atomic E-state index is 14.3. The van der Waals surface area contributed by atoms with Crippen LogP contribution in [-0.4, -0.2) is 60.9 Å². The van der Waals surface area contributed by atoms with Gasteiger partial charge in [-0.05, 0) is 55.5 Å². The Morgan fingerprint density at radius 3 is 2.24 bits per heavy atom. The summed E-state index contributed by atoms with van der Waals surface area (Å²) >= 11 is 0. The van der Waals surface area contributed by atoms with Crippen molar-refractivity contribution in [3.63, 3.8) is 0 Å². The Kier molecular flexibility index (Phi) is 6.73. The normalized spacial score (nSPS) is 22.5. The van der Waals surface area contributed by atoms with Crippen LogP contribution in [0.25, 0.3) is 0 Å². The Bertz CT molecular complexity index is 968. The van der Waals surface area contributed by atoms with Gasteiger partial charge < -0.3 is 14.5 Å². The predicted molar refractivity (Wildman–Crippen MR) is 128 cm³/mol. The highest BCUT2D eigenvalue weighted by Gasteiger charge is 2.50. The fraction of sp³-hybridized carbons (Fsp3) is 0.519. The summed E-state index contributed by atoms with van der Waals surface area (Å²) in [5.74, 6) is 0.959. The van der Waals surface area contributed by atoms with Crippen molar-refractivity contribution in [1.82, 2.24) is 14.8 Å². The van der Waals surface area contributed by atoms with Crippen molar-refractivity contribution >= 4 is 11.8 Å². The largest absolute Gasteiger partial charge is 0.497 e. The third kappa shape index (κ3) is 4.23. The van der Waals surface area contributed by atoms with E-state index in [1.165, 1.54) is 0 Å². The van der Waals surface area contributed by atoms with Crippen molar-refractivity contribution in [2.24, 2.45) is 0 Å². The Morgan fingerprint density at radius 2 is 1.64 bits per heavy atom. The Balaban J connectivity index is 1.71. The molecule has 4 rings (SSSR count). The summed E-state index contributed by atoms with van der Waals surface area (Å²) in [5, 5.41) is 0. The second-order valence-corrected chi connectivity index (χ2v) is 9.70. The molecule has 1 unspecified atom stereocenters. The molecule has 1 atom stereocenters. The van der Waals surface area contributed by atoms with Gasteiger partial charge in [0.1, 0.15) is 11.2 Å². The van der Waals surface area contributed by atoms with Crippen LogP contribution >= 0.6 is 0 Å². The Labute approximate surface area is 196 Å². The van der Waals surface area contributed by atoms with Crippen LogP contribution in [0, 0.1) is 0 Å². The van der Waals surface area contributed by atoms with E-state index in [0.29, 0.717) is 19.5 Å². The zero-order chi connectivity index (χ0) is 23.5. The number of carbonyl (C=O) groups is 2. The second-order valence-electron chi connectivity index (χ2n) is 9.70. The maximum Gasteiger partial charge on any atom is 0.236 e. The van der Waals surface area contributed by atoms with Crippen LogP contribution in [0.3, 0.4) is 0 Å². The molecule has 1 saturated carbocycles. The minimum atomic E-state index is -0.811. The van der Waals surface area contributed by atoms with Gasteiger partial charge in [-0.25, -0.2) is 0 Å². The van der Waals surface area contributed by atoms with Crippen LogP contribution in [0.1, 0.15) is 56.2 Å². The average Bonchev–Trinajstić information content (AvgIpc) is 2.88. The molecule has 6 heteroatoms. The standard InChI is InChI=1S/C27H35N3O3/c1-29(2)24(31)27(23-10-5-8-18-28-23)17-9-19-30(20-27)25(32)26(15-6-4-7-16-26)21-11-13-22(33-3)14-12-21/h5,8,10-14,18H,4,6-7,9,15-17,19-20H2,1-3H3. The van der Waals surface area contributed by atoms with Gasteiger partial charge in [-0.2, -0.15) is 0 Å². The third-order valence-electron chi connectivity index (χ3n) is 7.51. The quantitative estimate of drug-likeness (QED) is 0.694. The molecule has 0 N–H and O–H groups in total. The lowest BCUT2D eigenvalue weighted by atomic mass is 9.67. The number of benzene rings is 1. The minimum absolute atomic E-state index is 0.0147. The molecule has 2 aliphatic rings. The zero-order valence-corrected chi connectivity index (χ0v) is 20.0. The summed E-state index contributed by atoms with van der Waals surface area (Å²) in [5.41, 5.74) is 0.456. The van der Waals surface area contributed by atoms with Crippen molar-refractivity contribution in [1.29, 1.82) is 0 Å². The monoisotopic (exact) mass is 449 g/mol. The third-order valence-corrected chi connectivity index (χ3v) is 7.51. The smallest absolute Gasteiger partial charge is 0.236 e. The molecule has 0 spiro atoms. The van der Waals surface area contributed by atoms with Gasteiger partial charge in [0.2, 0.25) is 11.8 Å². The van der Waals surface area contributed by atoms with Crippen LogP contribution in [0.4, 0.5) is 0 Å². The number of aromatic nitrogens is 1. The number of nitrogens with zero attached hydrogens (tertiary/aromatic N) is 3. The summed E-state index contributed by atoms with van der Waals surface area (Å²) in [6, 6.07) is 13.7. The number of hydrogen-bond acceptors (Lipinski definition) is 4. The molecule has 1 aromatic heterocycles. The van der Waals surface area contributed by atoms with E-state index in [1.807, 2.05) is 47.4 Å². The van der Waals surface area contributed by atoms with E-state index in [9.17, 15) is 9.59 Å². The number of pyridine rings is 1. The Morgan fingerprint density at radius 1 is 0.939 bits per heavy atom. The fourth-order valence-electron chi connectivity index (χ4n) is 5.79. The van der Waals surface area contributed by atoms with Crippen molar-refractivity contribution in [3.05, 3.63) is 59.9 Å². The maximum atomic E-state index is 14.3. The summed E-state index contributed by atoms with van der Waals surface area (Å²) < 4.78 is 5.35. The molecule has 176 valence electrons. The summed E-state index contributed by atoms with van der Waals surface area (Å²) in [7, 11) is 5.23. The molecule has 0 radical (unpaired) electrons. The van der Waals surface area contributed by atoms with Gasteiger partial charge in [0.15, 0.2) is 0 Å². The van der Waals surface area contributed by atoms with E-state index >= 15 is 0 Å². The number of likely N-dealkylation sites (tertiary alicyclic amines) is 1. The van der Waals surface area contributed by atoms with Crippen LogP contribution in [0.5, 0.6) is 5.75 Å². The molecule has 2 heterocycles. The lowest BCUT2D eigenvalue weighted by molar-refractivity contribution is -0.146. The highest BCUT2D eigenvalue weighted by atomic mass is 16.5. The van der Waals surface area contributed by atoms with Crippen LogP contribution in [-0.2, 0) is 20.4 Å². The van der Waals surface area contributed by atoms with E-state index in [-0.39, 0.29) is 11.8 Å². The molecule has 2 amide bonds. The van der Waals surface area contributed by atoms with Crippen molar-refractivity contribution < 1.29 is 14.3 Å². The molecule has 2 fully saturated rings. The first-order valence-electron chi connectivity index (χ1n) is 12.0. The summed E-state index contributed by atoms with van der Waals surface area (Å²) in [4.78, 5) is 36.0. The topological polar surface area (TPSA) is 62.7 Å². The highest BCUT2D eigenvalue weighted by Crippen LogP contribution is 2.44. The Hall–Kier alpha value is -2.89. The molecular formula is C27H35N3O3. The molecule has 6 nitrogen and oxygen atoms in total. The predicted octanol–water partition coefficient (Wildman–Crippen LogP) is 3.94. The number of amides is 2. The van der Waals surface area contributed by atoms with E-state index in [0.717, 1.165) is 55.5 Å². The van der Waals surface area contributed by atoms with E-state index in [1.54, 1.807) is 32.3 Å². The molecule has 1 aromatic carbocycles. The van der Waals surface area contributed by atoms with Crippen molar-refractivity contribution in [3.8, 4) is 5.75 Å². The number of hydrogen-bond donors (Lipinski definition) is 0. The molecule has 2 aromatic rings. The van der Waals surface area contributed by atoms with E-state index in [4.69, 9.17) is 4.74 Å². The molecular weight excluding hydrogens is 414 g/mol. The van der Waals surface area contributed by atoms with Gasteiger partial charge in [-0.1, -0.05) is 37.5 Å². The molecule has 1 saturated heterocycles. The molecule has 33 heavy (non-hydrogen) atoms. The SMILES string of the molecule is COc1ccc(C2(C(=O)N3CCCC(C(=O)N(C)C)(c4ccccn4)C3)CCCCC2)cc1. The lowest BCUT2D eigenvalue weighted by Crippen LogP contribution is -2.59. The number of methoxy groups -OCH3 is 1. The number of carbonyl (C=O) groups excluding carboxylic acids is 2. The van der Waals surface area contributed by atoms with E-state index < -0.39 is 10.8 Å². The molecule has 1 aliphatic carbocycles. The van der Waals surface area contributed by atoms with Crippen LogP contribution < -0.4 is 4.74 Å². The highest BCUT2D eigenvalue weighted by molar-refractivity contribution is 5.92. The lowest BCUT2D eigenvalue weighted by Gasteiger charge is -2.47. The van der Waals surface area contributed by atoms with Gasteiger partial charge in [-0.15, -0.1) is 0 Å². The zero-order valence-electron chi connectivity index (χ0n) is 20.0. The van der Waals surface area contributed by atoms with Gasteiger partial charge in [0.25, 0.3) is 0 Å². The van der Waals surface area contributed by atoms with Crippen molar-refractivity contribution in [2.45, 2.75) is 55.8 Å². The van der Waals surface area contributed by atoms with Crippen LogP contribution in [0.15, 0.2) is 48.7 Å². The minimum Gasteiger partial charge on any atom is -0.497 e. The first-order valence-corrected chi connectivity index (χ1v) is 12.0. The first kappa shape index (κ1) is 23.3. The summed E-state index contributed by atoms with van der Waals surface area (Å²) in [6.07, 6.45) is 8.12. The van der Waals surface area contributed by atoms with Gasteiger partial charge in [-0.3, -0.25) is 14.6 Å². The van der Waals surface area contributed by atoms with E-state index in [2.05, 4.69) is 4.98 Å². The van der Waals surface area contributed by atoms with Gasteiger partial charge in [0.05, 0.1) is 18.2 Å². The molecule has 0 bridgehead atoms. The van der Waals surface area contributed by atoms with Crippen LogP contribution in [0.2, 0.25) is 0 Å². The number of rotatable bonds is 5. The van der Waals surface area contributed by atoms with Gasteiger partial charge >= 0.3 is 0 Å².